The molecule has 3 rings (SSSR count). The molecule has 130 valence electrons. The fourth-order valence-electron chi connectivity index (χ4n) is 2.67. The lowest BCUT2D eigenvalue weighted by Gasteiger charge is -2.11. The fourth-order valence-corrected chi connectivity index (χ4v) is 2.80. The van der Waals surface area contributed by atoms with Crippen LogP contribution in [0.1, 0.15) is 31.6 Å². The Kier molecular flexibility index (Phi) is 7.29. The summed E-state index contributed by atoms with van der Waals surface area (Å²) in [6.07, 6.45) is 5.43. The van der Waals surface area contributed by atoms with Gasteiger partial charge in [-0.25, -0.2) is 0 Å². The molecule has 0 aliphatic heterocycles. The van der Waals surface area contributed by atoms with Crippen molar-refractivity contribution >= 4 is 41.5 Å². The third-order valence-corrected chi connectivity index (χ3v) is 4.14. The maximum atomic E-state index is 5.89. The third kappa shape index (κ3) is 5.34. The molecule has 1 saturated carbocycles. The number of hydrogen-bond donors (Lipinski definition) is 2. The summed E-state index contributed by atoms with van der Waals surface area (Å²) in [6, 6.07) is 7.79. The second-order valence-electron chi connectivity index (χ2n) is 5.66. The summed E-state index contributed by atoms with van der Waals surface area (Å²) in [6.45, 7) is 0.522. The number of nitrogens with two attached hydrogens (primary N) is 1. The first-order valence-electron chi connectivity index (χ1n) is 7.86. The van der Waals surface area contributed by atoms with Gasteiger partial charge in [-0.15, -0.1) is 24.0 Å². The lowest BCUT2D eigenvalue weighted by atomic mass is 10.2. The Bertz CT molecular complexity index is 667. The molecule has 1 aromatic heterocycles. The van der Waals surface area contributed by atoms with Crippen molar-refractivity contribution in [3.8, 4) is 11.4 Å². The quantitative estimate of drug-likeness (QED) is 0.405. The van der Waals surface area contributed by atoms with E-state index in [0.29, 0.717) is 41.7 Å². The highest BCUT2D eigenvalue weighted by molar-refractivity contribution is 14.0. The first-order valence-corrected chi connectivity index (χ1v) is 8.23. The number of aliphatic imine (C=N–C) groups is 1. The average molecular weight is 462 g/mol. The van der Waals surface area contributed by atoms with Crippen molar-refractivity contribution in [2.75, 3.05) is 6.54 Å². The normalized spacial score (nSPS) is 15.3. The molecule has 0 saturated heterocycles. The van der Waals surface area contributed by atoms with Crippen molar-refractivity contribution in [2.45, 2.75) is 38.1 Å². The molecule has 8 heteroatoms. The summed E-state index contributed by atoms with van der Waals surface area (Å²) < 4.78 is 5.24. The van der Waals surface area contributed by atoms with E-state index in [4.69, 9.17) is 21.9 Å². The maximum Gasteiger partial charge on any atom is 0.228 e. The molecular formula is C16H21ClIN5O. The molecule has 1 heterocycles. The number of rotatable bonds is 5. The summed E-state index contributed by atoms with van der Waals surface area (Å²) in [7, 11) is 0. The molecule has 2 aromatic rings. The van der Waals surface area contributed by atoms with Crippen LogP contribution < -0.4 is 11.1 Å². The van der Waals surface area contributed by atoms with Crippen molar-refractivity contribution in [1.82, 2.24) is 15.5 Å². The molecule has 0 unspecified atom stereocenters. The third-order valence-electron chi connectivity index (χ3n) is 3.89. The highest BCUT2D eigenvalue weighted by atomic mass is 127. The Hall–Kier alpha value is -1.35. The molecule has 0 radical (unpaired) electrons. The van der Waals surface area contributed by atoms with Crippen molar-refractivity contribution in [3.05, 3.63) is 35.2 Å². The van der Waals surface area contributed by atoms with Crippen LogP contribution in [-0.2, 0) is 6.42 Å². The van der Waals surface area contributed by atoms with Gasteiger partial charge >= 0.3 is 0 Å². The molecule has 0 bridgehead atoms. The van der Waals surface area contributed by atoms with E-state index >= 15 is 0 Å². The van der Waals surface area contributed by atoms with Gasteiger partial charge in [0.05, 0.1) is 6.54 Å². The standard InChI is InChI=1S/C16H20ClN5O.HI/c17-12-7-5-11(6-8-12)15-21-14(23-22-15)9-10-19-16(18)20-13-3-1-2-4-13;/h5-8,13H,1-4,9-10H2,(H3,18,19,20);1H. The van der Waals surface area contributed by atoms with Gasteiger partial charge in [0.2, 0.25) is 11.7 Å². The van der Waals surface area contributed by atoms with Crippen LogP contribution in [0.5, 0.6) is 0 Å². The van der Waals surface area contributed by atoms with Gasteiger partial charge in [0.25, 0.3) is 0 Å². The number of nitrogens with one attached hydrogen (secondary N) is 1. The summed E-state index contributed by atoms with van der Waals surface area (Å²) in [4.78, 5) is 8.67. The monoisotopic (exact) mass is 461 g/mol. The molecule has 1 fully saturated rings. The van der Waals surface area contributed by atoms with Crippen LogP contribution in [0.15, 0.2) is 33.8 Å². The molecule has 6 nitrogen and oxygen atoms in total. The zero-order valence-corrected chi connectivity index (χ0v) is 16.3. The smallest absolute Gasteiger partial charge is 0.228 e. The molecule has 24 heavy (non-hydrogen) atoms. The van der Waals surface area contributed by atoms with Crippen LogP contribution in [-0.4, -0.2) is 28.7 Å². The second kappa shape index (κ2) is 9.22. The zero-order chi connectivity index (χ0) is 16.1. The van der Waals surface area contributed by atoms with Crippen molar-refractivity contribution in [3.63, 3.8) is 0 Å². The van der Waals surface area contributed by atoms with Crippen LogP contribution >= 0.6 is 35.6 Å². The Labute approximate surface area is 163 Å². The molecule has 0 atom stereocenters. The van der Waals surface area contributed by atoms with Gasteiger partial charge in [0.1, 0.15) is 0 Å². The fraction of sp³-hybridized carbons (Fsp3) is 0.438. The van der Waals surface area contributed by atoms with Crippen molar-refractivity contribution in [2.24, 2.45) is 10.7 Å². The number of hydrogen-bond acceptors (Lipinski definition) is 4. The van der Waals surface area contributed by atoms with Crippen molar-refractivity contribution in [1.29, 1.82) is 0 Å². The minimum absolute atomic E-state index is 0. The number of halogens is 2. The van der Waals surface area contributed by atoms with E-state index in [1.807, 2.05) is 12.1 Å². The van der Waals surface area contributed by atoms with Gasteiger partial charge in [0, 0.05) is 23.0 Å². The number of nitrogens with zero attached hydrogens (tertiary/aromatic N) is 3. The first-order chi connectivity index (χ1) is 11.2. The van der Waals surface area contributed by atoms with Crippen LogP contribution in [0.25, 0.3) is 11.4 Å². The minimum Gasteiger partial charge on any atom is -0.370 e. The Morgan fingerprint density at radius 2 is 2.00 bits per heavy atom. The lowest BCUT2D eigenvalue weighted by Crippen LogP contribution is -2.38. The highest BCUT2D eigenvalue weighted by Crippen LogP contribution is 2.19. The van der Waals surface area contributed by atoms with E-state index in [-0.39, 0.29) is 24.0 Å². The topological polar surface area (TPSA) is 89.3 Å². The van der Waals surface area contributed by atoms with E-state index in [0.717, 1.165) is 5.56 Å². The highest BCUT2D eigenvalue weighted by Gasteiger charge is 2.14. The van der Waals surface area contributed by atoms with E-state index in [1.54, 1.807) is 12.1 Å². The van der Waals surface area contributed by atoms with Crippen LogP contribution in [0.2, 0.25) is 5.02 Å². The lowest BCUT2D eigenvalue weighted by molar-refractivity contribution is 0.380. The number of benzene rings is 1. The summed E-state index contributed by atoms with van der Waals surface area (Å²) in [5.74, 6) is 1.60. The Balaban J connectivity index is 0.00000208. The van der Waals surface area contributed by atoms with Crippen LogP contribution in [0, 0.1) is 0 Å². The van der Waals surface area contributed by atoms with Gasteiger partial charge in [-0.2, -0.15) is 4.98 Å². The van der Waals surface area contributed by atoms with Crippen LogP contribution in [0.3, 0.4) is 0 Å². The Morgan fingerprint density at radius 3 is 2.71 bits per heavy atom. The SMILES string of the molecule is I.NC(=NCCc1nc(-c2ccc(Cl)cc2)no1)NC1CCCC1. The van der Waals surface area contributed by atoms with Gasteiger partial charge in [-0.1, -0.05) is 29.6 Å². The molecule has 0 spiro atoms. The molecule has 1 aromatic carbocycles. The molecule has 3 N–H and O–H groups in total. The van der Waals surface area contributed by atoms with Crippen LogP contribution in [0.4, 0.5) is 0 Å². The number of guanidine groups is 1. The van der Waals surface area contributed by atoms with Gasteiger partial charge in [-0.3, -0.25) is 4.99 Å². The summed E-state index contributed by atoms with van der Waals surface area (Å²) >= 11 is 5.87. The zero-order valence-electron chi connectivity index (χ0n) is 13.2. The van der Waals surface area contributed by atoms with Crippen molar-refractivity contribution < 1.29 is 4.52 Å². The summed E-state index contributed by atoms with van der Waals surface area (Å²) in [5, 5.41) is 7.90. The minimum atomic E-state index is 0. The molecule has 0 amide bonds. The predicted molar refractivity (Wildman–Crippen MR) is 106 cm³/mol. The maximum absolute atomic E-state index is 5.89. The predicted octanol–water partition coefficient (Wildman–Crippen LogP) is 3.40. The summed E-state index contributed by atoms with van der Waals surface area (Å²) in [5.41, 5.74) is 6.76. The van der Waals surface area contributed by atoms with Gasteiger partial charge < -0.3 is 15.6 Å². The average Bonchev–Trinajstić information content (AvgIpc) is 3.20. The second-order valence-corrected chi connectivity index (χ2v) is 6.10. The Morgan fingerprint density at radius 1 is 1.29 bits per heavy atom. The molecule has 1 aliphatic carbocycles. The number of aromatic nitrogens is 2. The van der Waals surface area contributed by atoms with E-state index in [2.05, 4.69) is 20.4 Å². The van der Waals surface area contributed by atoms with E-state index in [9.17, 15) is 0 Å². The molecular weight excluding hydrogens is 441 g/mol. The van der Waals surface area contributed by atoms with Gasteiger partial charge in [0.15, 0.2) is 5.96 Å². The van der Waals surface area contributed by atoms with E-state index < -0.39 is 0 Å². The largest absolute Gasteiger partial charge is 0.370 e. The van der Waals surface area contributed by atoms with E-state index in [1.165, 1.54) is 25.7 Å². The molecule has 1 aliphatic rings. The first kappa shape index (κ1) is 19.0. The van der Waals surface area contributed by atoms with Gasteiger partial charge in [-0.05, 0) is 37.1 Å².